The van der Waals surface area contributed by atoms with E-state index in [4.69, 9.17) is 5.73 Å². The molecule has 0 aliphatic heterocycles. The highest BCUT2D eigenvalue weighted by Crippen LogP contribution is 2.18. The normalized spacial score (nSPS) is 10.8. The van der Waals surface area contributed by atoms with Gasteiger partial charge in [0, 0.05) is 14.1 Å². The number of rotatable bonds is 1. The lowest BCUT2D eigenvalue weighted by molar-refractivity contribution is 0.994. The molecule has 16 heavy (non-hydrogen) atoms. The van der Waals surface area contributed by atoms with Crippen LogP contribution in [0.1, 0.15) is 11.4 Å². The zero-order valence-corrected chi connectivity index (χ0v) is 9.81. The summed E-state index contributed by atoms with van der Waals surface area (Å²) in [5, 5.41) is 0. The summed E-state index contributed by atoms with van der Waals surface area (Å²) < 4.78 is 0. The first-order chi connectivity index (χ1) is 7.49. The first-order valence-corrected chi connectivity index (χ1v) is 4.95. The molecule has 2 N–H and O–H groups in total. The first-order valence-electron chi connectivity index (χ1n) is 4.95. The molecule has 0 atom stereocenters. The smallest absolute Gasteiger partial charge is 0.228 e. The van der Waals surface area contributed by atoms with Crippen molar-refractivity contribution in [2.75, 3.05) is 24.7 Å². The number of nitrogens with zero attached hydrogens (tertiary/aromatic N) is 5. The van der Waals surface area contributed by atoms with E-state index in [1.165, 1.54) is 0 Å². The third-order valence-electron chi connectivity index (χ3n) is 2.36. The summed E-state index contributed by atoms with van der Waals surface area (Å²) >= 11 is 0. The molecular formula is C10H14N6. The van der Waals surface area contributed by atoms with Gasteiger partial charge in [-0.25, -0.2) is 9.97 Å². The van der Waals surface area contributed by atoms with Gasteiger partial charge in [-0.15, -0.1) is 0 Å². The quantitative estimate of drug-likeness (QED) is 0.758. The van der Waals surface area contributed by atoms with E-state index >= 15 is 0 Å². The van der Waals surface area contributed by atoms with E-state index < -0.39 is 0 Å². The molecule has 84 valence electrons. The summed E-state index contributed by atoms with van der Waals surface area (Å²) in [4.78, 5) is 18.9. The van der Waals surface area contributed by atoms with Crippen molar-refractivity contribution in [2.24, 2.45) is 0 Å². The molecule has 0 aliphatic carbocycles. The van der Waals surface area contributed by atoms with Gasteiger partial charge in [0.25, 0.3) is 0 Å². The Kier molecular flexibility index (Phi) is 2.34. The summed E-state index contributed by atoms with van der Waals surface area (Å²) in [5.74, 6) is 0.909. The van der Waals surface area contributed by atoms with Gasteiger partial charge in [0.1, 0.15) is 0 Å². The molecule has 6 heteroatoms. The number of nitrogen functional groups attached to an aromatic ring is 1. The van der Waals surface area contributed by atoms with Crippen molar-refractivity contribution in [3.63, 3.8) is 0 Å². The fraction of sp³-hybridized carbons (Fsp3) is 0.400. The van der Waals surface area contributed by atoms with Gasteiger partial charge in [-0.1, -0.05) is 0 Å². The van der Waals surface area contributed by atoms with Crippen LogP contribution >= 0.6 is 0 Å². The molecule has 0 unspecified atom stereocenters. The Morgan fingerprint density at radius 1 is 0.938 bits per heavy atom. The average molecular weight is 218 g/mol. The van der Waals surface area contributed by atoms with Gasteiger partial charge < -0.3 is 10.6 Å². The Labute approximate surface area is 93.6 Å². The summed E-state index contributed by atoms with van der Waals surface area (Å²) in [6, 6.07) is 0. The van der Waals surface area contributed by atoms with E-state index in [9.17, 15) is 0 Å². The van der Waals surface area contributed by atoms with Crippen LogP contribution in [0.3, 0.4) is 0 Å². The van der Waals surface area contributed by atoms with Crippen LogP contribution in [0.5, 0.6) is 0 Å². The maximum Gasteiger partial charge on any atom is 0.228 e. The molecular weight excluding hydrogens is 204 g/mol. The van der Waals surface area contributed by atoms with Crippen LogP contribution in [0.25, 0.3) is 11.2 Å². The Morgan fingerprint density at radius 2 is 1.56 bits per heavy atom. The summed E-state index contributed by atoms with van der Waals surface area (Å²) in [6.07, 6.45) is 0. The molecule has 2 aromatic rings. The Bertz CT molecular complexity index is 548. The van der Waals surface area contributed by atoms with Crippen molar-refractivity contribution >= 4 is 22.9 Å². The van der Waals surface area contributed by atoms with Gasteiger partial charge in [-0.05, 0) is 13.8 Å². The van der Waals surface area contributed by atoms with E-state index in [1.54, 1.807) is 4.90 Å². The van der Waals surface area contributed by atoms with Crippen LogP contribution in [0.4, 0.5) is 11.8 Å². The molecule has 0 saturated heterocycles. The SMILES string of the molecule is Cc1nc2nc(N(C)C)nc(N)c2nc1C. The molecule has 0 fully saturated rings. The Morgan fingerprint density at radius 3 is 2.19 bits per heavy atom. The molecule has 0 spiro atoms. The van der Waals surface area contributed by atoms with Crippen molar-refractivity contribution < 1.29 is 0 Å². The number of anilines is 2. The lowest BCUT2D eigenvalue weighted by Gasteiger charge is -2.11. The minimum Gasteiger partial charge on any atom is -0.382 e. The zero-order valence-electron chi connectivity index (χ0n) is 9.81. The first kappa shape index (κ1) is 10.5. The molecule has 0 aromatic carbocycles. The molecule has 6 nitrogen and oxygen atoms in total. The summed E-state index contributed by atoms with van der Waals surface area (Å²) in [5.41, 5.74) is 8.64. The lowest BCUT2D eigenvalue weighted by Crippen LogP contribution is -2.14. The van der Waals surface area contributed by atoms with Crippen molar-refractivity contribution in [1.82, 2.24) is 19.9 Å². The second-order valence-electron chi connectivity index (χ2n) is 3.87. The minimum absolute atomic E-state index is 0.365. The topological polar surface area (TPSA) is 80.8 Å². The fourth-order valence-electron chi connectivity index (χ4n) is 1.32. The van der Waals surface area contributed by atoms with Crippen LogP contribution in [-0.2, 0) is 0 Å². The monoisotopic (exact) mass is 218 g/mol. The zero-order chi connectivity index (χ0) is 11.9. The van der Waals surface area contributed by atoms with E-state index in [0.29, 0.717) is 22.9 Å². The van der Waals surface area contributed by atoms with Crippen molar-refractivity contribution in [1.29, 1.82) is 0 Å². The van der Waals surface area contributed by atoms with Gasteiger partial charge in [-0.3, -0.25) is 0 Å². The van der Waals surface area contributed by atoms with Crippen LogP contribution in [0.15, 0.2) is 0 Å². The summed E-state index contributed by atoms with van der Waals surface area (Å²) in [7, 11) is 3.71. The number of hydrogen-bond acceptors (Lipinski definition) is 6. The van der Waals surface area contributed by atoms with Crippen molar-refractivity contribution in [2.45, 2.75) is 13.8 Å². The predicted octanol–water partition coefficient (Wildman–Crippen LogP) is 0.685. The van der Waals surface area contributed by atoms with Crippen LogP contribution < -0.4 is 10.6 Å². The Balaban J connectivity index is 2.77. The highest BCUT2D eigenvalue weighted by molar-refractivity contribution is 5.82. The molecule has 2 heterocycles. The second-order valence-corrected chi connectivity index (χ2v) is 3.87. The highest BCUT2D eigenvalue weighted by atomic mass is 15.2. The maximum atomic E-state index is 5.83. The van der Waals surface area contributed by atoms with Gasteiger partial charge in [0.2, 0.25) is 5.95 Å². The number of aromatic nitrogens is 4. The molecule has 0 bridgehead atoms. The van der Waals surface area contributed by atoms with Crippen LogP contribution in [0, 0.1) is 13.8 Å². The van der Waals surface area contributed by atoms with Gasteiger partial charge in [-0.2, -0.15) is 9.97 Å². The van der Waals surface area contributed by atoms with Crippen LogP contribution in [-0.4, -0.2) is 34.0 Å². The molecule has 2 aromatic heterocycles. The maximum absolute atomic E-state index is 5.83. The van der Waals surface area contributed by atoms with E-state index in [2.05, 4.69) is 19.9 Å². The molecule has 2 rings (SSSR count). The molecule has 0 aliphatic rings. The van der Waals surface area contributed by atoms with E-state index in [1.807, 2.05) is 27.9 Å². The molecule has 0 amide bonds. The second kappa shape index (κ2) is 3.55. The van der Waals surface area contributed by atoms with Gasteiger partial charge in [0.15, 0.2) is 17.0 Å². The predicted molar refractivity (Wildman–Crippen MR) is 63.3 cm³/mol. The summed E-state index contributed by atoms with van der Waals surface area (Å²) in [6.45, 7) is 3.79. The highest BCUT2D eigenvalue weighted by Gasteiger charge is 2.10. The standard InChI is InChI=1S/C10H14N6/c1-5-6(2)13-9-7(12-5)8(11)14-10(15-9)16(3)4/h1-4H3,(H2,11,13,14,15). The van der Waals surface area contributed by atoms with Crippen LogP contribution in [0.2, 0.25) is 0 Å². The number of fused-ring (bicyclic) bond motifs is 1. The van der Waals surface area contributed by atoms with Crippen molar-refractivity contribution in [3.05, 3.63) is 11.4 Å². The number of aryl methyl sites for hydroxylation is 2. The lowest BCUT2D eigenvalue weighted by atomic mass is 10.3. The fourth-order valence-corrected chi connectivity index (χ4v) is 1.32. The average Bonchev–Trinajstić information content (AvgIpc) is 2.20. The largest absolute Gasteiger partial charge is 0.382 e. The molecule has 0 radical (unpaired) electrons. The third-order valence-corrected chi connectivity index (χ3v) is 2.36. The van der Waals surface area contributed by atoms with Gasteiger partial charge >= 0.3 is 0 Å². The Hall–Kier alpha value is -1.98. The number of nitrogens with two attached hydrogens (primary N) is 1. The van der Waals surface area contributed by atoms with E-state index in [0.717, 1.165) is 11.4 Å². The minimum atomic E-state index is 0.365. The molecule has 0 saturated carbocycles. The van der Waals surface area contributed by atoms with Crippen molar-refractivity contribution in [3.8, 4) is 0 Å². The third kappa shape index (κ3) is 1.62. The van der Waals surface area contributed by atoms with E-state index in [-0.39, 0.29) is 0 Å². The number of hydrogen-bond donors (Lipinski definition) is 1. The van der Waals surface area contributed by atoms with Gasteiger partial charge in [0.05, 0.1) is 11.4 Å².